The number of carbonyl (C=O) groups is 1. The normalized spacial score (nSPS) is 10.0. The molecule has 0 bridgehead atoms. The monoisotopic (exact) mass is 282 g/mol. The fraction of sp³-hybridized carbons (Fsp3) is 0.125. The lowest BCUT2D eigenvalue weighted by Gasteiger charge is -2.21. The molecule has 0 saturated carbocycles. The van der Waals surface area contributed by atoms with Crippen molar-refractivity contribution in [1.82, 2.24) is 0 Å². The largest absolute Gasteiger partial charge is 0.369 e. The molecule has 0 saturated heterocycles. The zero-order chi connectivity index (χ0) is 15.4. The van der Waals surface area contributed by atoms with Crippen LogP contribution in [0.3, 0.4) is 0 Å². The third-order valence-electron chi connectivity index (χ3n) is 3.04. The van der Waals surface area contributed by atoms with Gasteiger partial charge in [-0.25, -0.2) is 9.69 Å². The smallest absolute Gasteiger partial charge is 0.333 e. The van der Waals surface area contributed by atoms with E-state index in [1.54, 1.807) is 24.3 Å². The molecular formula is C16H18N4O. The molecule has 0 aliphatic carbocycles. The summed E-state index contributed by atoms with van der Waals surface area (Å²) in [6.45, 7) is 3.92. The molecule has 0 unspecified atom stereocenters. The number of aryl methyl sites for hydroxylation is 2. The minimum atomic E-state index is -0.463. The SMILES string of the molecule is Cc1ccc(NC(=O)N(C(=N)N)c2ccc(C)cc2)cc1. The maximum atomic E-state index is 12.3. The van der Waals surface area contributed by atoms with E-state index in [1.165, 1.54) is 0 Å². The summed E-state index contributed by atoms with van der Waals surface area (Å²) in [5.41, 5.74) is 8.92. The number of benzene rings is 2. The molecule has 108 valence electrons. The Labute approximate surface area is 123 Å². The second kappa shape index (κ2) is 6.09. The zero-order valence-electron chi connectivity index (χ0n) is 12.1. The van der Waals surface area contributed by atoms with Crippen molar-refractivity contribution in [2.24, 2.45) is 5.73 Å². The molecule has 0 atom stereocenters. The number of rotatable bonds is 2. The summed E-state index contributed by atoms with van der Waals surface area (Å²) in [4.78, 5) is 13.4. The van der Waals surface area contributed by atoms with Crippen LogP contribution in [0, 0.1) is 19.3 Å². The molecule has 0 heterocycles. The first kappa shape index (κ1) is 14.6. The van der Waals surface area contributed by atoms with Crippen LogP contribution < -0.4 is 16.0 Å². The van der Waals surface area contributed by atoms with Crippen LogP contribution in [0.4, 0.5) is 16.2 Å². The number of carbonyl (C=O) groups excluding carboxylic acids is 1. The Morgan fingerprint density at radius 2 is 1.48 bits per heavy atom. The van der Waals surface area contributed by atoms with E-state index in [-0.39, 0.29) is 5.96 Å². The van der Waals surface area contributed by atoms with Crippen LogP contribution in [-0.2, 0) is 0 Å². The number of hydrogen-bond acceptors (Lipinski definition) is 2. The molecule has 0 spiro atoms. The molecule has 2 aromatic rings. The van der Waals surface area contributed by atoms with Gasteiger partial charge in [0.15, 0.2) is 0 Å². The molecule has 4 N–H and O–H groups in total. The number of nitrogens with two attached hydrogens (primary N) is 1. The number of urea groups is 1. The lowest BCUT2D eigenvalue weighted by molar-refractivity contribution is 0.259. The van der Waals surface area contributed by atoms with Gasteiger partial charge in [-0.1, -0.05) is 35.4 Å². The van der Waals surface area contributed by atoms with Crippen molar-refractivity contribution in [3.8, 4) is 0 Å². The molecule has 2 aromatic carbocycles. The van der Waals surface area contributed by atoms with Gasteiger partial charge in [0.2, 0.25) is 5.96 Å². The van der Waals surface area contributed by atoms with Gasteiger partial charge in [-0.05, 0) is 38.1 Å². The summed E-state index contributed by atoms with van der Waals surface area (Å²) in [6, 6.07) is 14.2. The minimum absolute atomic E-state index is 0.330. The van der Waals surface area contributed by atoms with E-state index >= 15 is 0 Å². The molecule has 5 heteroatoms. The van der Waals surface area contributed by atoms with Gasteiger partial charge >= 0.3 is 6.03 Å². The first-order valence-corrected chi connectivity index (χ1v) is 6.56. The molecule has 5 nitrogen and oxygen atoms in total. The van der Waals surface area contributed by atoms with Crippen molar-refractivity contribution < 1.29 is 4.79 Å². The summed E-state index contributed by atoms with van der Waals surface area (Å²) in [5.74, 6) is -0.330. The third kappa shape index (κ3) is 3.60. The number of anilines is 2. The Kier molecular flexibility index (Phi) is 4.23. The van der Waals surface area contributed by atoms with Gasteiger partial charge in [0.05, 0.1) is 5.69 Å². The van der Waals surface area contributed by atoms with E-state index in [0.717, 1.165) is 16.0 Å². The van der Waals surface area contributed by atoms with Crippen molar-refractivity contribution >= 4 is 23.4 Å². The fourth-order valence-electron chi connectivity index (χ4n) is 1.88. The maximum absolute atomic E-state index is 12.3. The number of nitrogens with one attached hydrogen (secondary N) is 2. The average molecular weight is 282 g/mol. The Balaban J connectivity index is 2.22. The van der Waals surface area contributed by atoms with E-state index < -0.39 is 6.03 Å². The number of guanidine groups is 1. The highest BCUT2D eigenvalue weighted by molar-refractivity contribution is 6.18. The van der Waals surface area contributed by atoms with E-state index in [9.17, 15) is 4.79 Å². The second-order valence-electron chi connectivity index (χ2n) is 4.85. The number of nitrogens with zero attached hydrogens (tertiary/aromatic N) is 1. The average Bonchev–Trinajstić information content (AvgIpc) is 2.43. The maximum Gasteiger partial charge on any atom is 0.333 e. The van der Waals surface area contributed by atoms with E-state index in [2.05, 4.69) is 5.32 Å². The van der Waals surface area contributed by atoms with Gasteiger partial charge in [-0.15, -0.1) is 0 Å². The Morgan fingerprint density at radius 1 is 1.00 bits per heavy atom. The van der Waals surface area contributed by atoms with Crippen LogP contribution in [0.1, 0.15) is 11.1 Å². The van der Waals surface area contributed by atoms with Crippen LogP contribution in [0.5, 0.6) is 0 Å². The van der Waals surface area contributed by atoms with Gasteiger partial charge in [0.1, 0.15) is 0 Å². The Bertz CT molecular complexity index is 647. The van der Waals surface area contributed by atoms with E-state index in [4.69, 9.17) is 11.1 Å². The molecule has 2 amide bonds. The molecule has 21 heavy (non-hydrogen) atoms. The molecule has 0 aliphatic rings. The predicted molar refractivity (Wildman–Crippen MR) is 85.8 cm³/mol. The van der Waals surface area contributed by atoms with Gasteiger partial charge in [0, 0.05) is 5.69 Å². The van der Waals surface area contributed by atoms with E-state index in [1.807, 2.05) is 38.1 Å². The first-order valence-electron chi connectivity index (χ1n) is 6.56. The standard InChI is InChI=1S/C16H18N4O/c1-11-3-7-13(8-4-11)19-16(21)20(15(17)18)14-9-5-12(2)6-10-14/h3-10H,1-2H3,(H3,17,18)(H,19,21). The van der Waals surface area contributed by atoms with Gasteiger partial charge in [0.25, 0.3) is 0 Å². The van der Waals surface area contributed by atoms with Crippen LogP contribution in [-0.4, -0.2) is 12.0 Å². The van der Waals surface area contributed by atoms with Crippen molar-refractivity contribution in [3.05, 3.63) is 59.7 Å². The molecule has 0 aromatic heterocycles. The fourth-order valence-corrected chi connectivity index (χ4v) is 1.88. The summed E-state index contributed by atoms with van der Waals surface area (Å²) in [6.07, 6.45) is 0. The lowest BCUT2D eigenvalue weighted by Crippen LogP contribution is -2.44. The zero-order valence-corrected chi connectivity index (χ0v) is 12.1. The van der Waals surface area contributed by atoms with Crippen molar-refractivity contribution in [3.63, 3.8) is 0 Å². The highest BCUT2D eigenvalue weighted by Gasteiger charge is 2.18. The first-order chi connectivity index (χ1) is 9.97. The molecule has 0 radical (unpaired) electrons. The van der Waals surface area contributed by atoms with Crippen molar-refractivity contribution in [1.29, 1.82) is 5.41 Å². The summed E-state index contributed by atoms with van der Waals surface area (Å²) in [7, 11) is 0. The van der Waals surface area contributed by atoms with Gasteiger partial charge in [-0.3, -0.25) is 5.41 Å². The van der Waals surface area contributed by atoms with Crippen LogP contribution in [0.25, 0.3) is 0 Å². The molecule has 0 fully saturated rings. The predicted octanol–water partition coefficient (Wildman–Crippen LogP) is 3.24. The van der Waals surface area contributed by atoms with E-state index in [0.29, 0.717) is 11.4 Å². The summed E-state index contributed by atoms with van der Waals surface area (Å²) >= 11 is 0. The lowest BCUT2D eigenvalue weighted by atomic mass is 10.2. The molecule has 0 aliphatic heterocycles. The topological polar surface area (TPSA) is 82.2 Å². The van der Waals surface area contributed by atoms with Gasteiger partial charge in [-0.2, -0.15) is 0 Å². The van der Waals surface area contributed by atoms with Crippen LogP contribution in [0.2, 0.25) is 0 Å². The second-order valence-corrected chi connectivity index (χ2v) is 4.85. The van der Waals surface area contributed by atoms with Crippen molar-refractivity contribution in [2.45, 2.75) is 13.8 Å². The molecule has 2 rings (SSSR count). The number of amides is 2. The summed E-state index contributed by atoms with van der Waals surface area (Å²) in [5, 5.41) is 10.3. The summed E-state index contributed by atoms with van der Waals surface area (Å²) < 4.78 is 0. The molecular weight excluding hydrogens is 264 g/mol. The quantitative estimate of drug-likeness (QED) is 0.583. The highest BCUT2D eigenvalue weighted by Crippen LogP contribution is 2.17. The van der Waals surface area contributed by atoms with Gasteiger partial charge < -0.3 is 11.1 Å². The third-order valence-corrected chi connectivity index (χ3v) is 3.04. The highest BCUT2D eigenvalue weighted by atomic mass is 16.2. The van der Waals surface area contributed by atoms with Crippen molar-refractivity contribution in [2.75, 3.05) is 10.2 Å². The van der Waals surface area contributed by atoms with Crippen LogP contribution in [0.15, 0.2) is 48.5 Å². The minimum Gasteiger partial charge on any atom is -0.369 e. The Hall–Kier alpha value is -2.82. The number of hydrogen-bond donors (Lipinski definition) is 3. The van der Waals surface area contributed by atoms with Crippen LogP contribution >= 0.6 is 0 Å². The Morgan fingerprint density at radius 3 is 1.95 bits per heavy atom.